The second-order valence-electron chi connectivity index (χ2n) is 2.43. The Hall–Kier alpha value is -0.730. The van der Waals surface area contributed by atoms with E-state index in [1.807, 2.05) is 0 Å². The highest BCUT2D eigenvalue weighted by molar-refractivity contribution is 7.42. The van der Waals surface area contributed by atoms with Crippen molar-refractivity contribution in [3.05, 3.63) is 11.9 Å². The van der Waals surface area contributed by atoms with Crippen LogP contribution in [-0.4, -0.2) is 19.2 Å². The van der Waals surface area contributed by atoms with Crippen LogP contribution in [0.4, 0.5) is 0 Å². The Bertz CT molecular complexity index is 213. The fourth-order valence-electron chi connectivity index (χ4n) is 0.765. The first kappa shape index (κ1) is 13.3. The second-order valence-corrected chi connectivity index (χ2v) is 3.56. The molecule has 0 N–H and O–H groups in total. The van der Waals surface area contributed by atoms with Crippen molar-refractivity contribution < 1.29 is 18.6 Å². The topological polar surface area (TPSA) is 52.6 Å². The SMILES string of the molecule is CCOC(=O)CCC=C[P+](=O)OCC. The van der Waals surface area contributed by atoms with E-state index in [4.69, 9.17) is 9.26 Å². The summed E-state index contributed by atoms with van der Waals surface area (Å²) in [6.07, 6.45) is 2.53. The zero-order chi connectivity index (χ0) is 10.8. The molecule has 0 aliphatic heterocycles. The van der Waals surface area contributed by atoms with Gasteiger partial charge in [0.25, 0.3) is 0 Å². The number of hydrogen-bond acceptors (Lipinski definition) is 4. The minimum Gasteiger partial charge on any atom is -0.466 e. The Kier molecular flexibility index (Phi) is 8.39. The summed E-state index contributed by atoms with van der Waals surface area (Å²) in [4.78, 5) is 10.9. The molecule has 80 valence electrons. The summed E-state index contributed by atoms with van der Waals surface area (Å²) in [5.74, 6) is 1.24. The third-order valence-electron chi connectivity index (χ3n) is 1.30. The standard InChI is InChI=1S/C9H16O4P/c1-3-12-9(10)7-5-6-8-14(11)13-4-2/h6,8H,3-5,7H2,1-2H3/q+1. The van der Waals surface area contributed by atoms with Gasteiger partial charge >= 0.3 is 14.0 Å². The van der Waals surface area contributed by atoms with Crippen LogP contribution in [0.25, 0.3) is 0 Å². The molecule has 0 saturated carbocycles. The maximum absolute atomic E-state index is 10.9. The van der Waals surface area contributed by atoms with Crippen molar-refractivity contribution in [2.75, 3.05) is 13.2 Å². The molecule has 1 unspecified atom stereocenters. The molecule has 14 heavy (non-hydrogen) atoms. The van der Waals surface area contributed by atoms with Gasteiger partial charge in [-0.3, -0.25) is 4.79 Å². The van der Waals surface area contributed by atoms with Crippen molar-refractivity contribution in [3.63, 3.8) is 0 Å². The van der Waals surface area contributed by atoms with Gasteiger partial charge < -0.3 is 4.74 Å². The summed E-state index contributed by atoms with van der Waals surface area (Å²) in [6, 6.07) is 0. The Balaban J connectivity index is 3.52. The first-order chi connectivity index (χ1) is 6.70. The zero-order valence-corrected chi connectivity index (χ0v) is 9.46. The first-order valence-electron chi connectivity index (χ1n) is 4.62. The summed E-state index contributed by atoms with van der Waals surface area (Å²) in [5, 5.41) is 0. The molecule has 0 spiro atoms. The Morgan fingerprint density at radius 2 is 2.07 bits per heavy atom. The highest BCUT2D eigenvalue weighted by Gasteiger charge is 2.09. The summed E-state index contributed by atoms with van der Waals surface area (Å²) in [6.45, 7) is 4.37. The lowest BCUT2D eigenvalue weighted by molar-refractivity contribution is -0.142. The highest BCUT2D eigenvalue weighted by atomic mass is 31.1. The van der Waals surface area contributed by atoms with E-state index in [1.165, 1.54) is 5.82 Å². The number of esters is 1. The van der Waals surface area contributed by atoms with Crippen LogP contribution < -0.4 is 0 Å². The van der Waals surface area contributed by atoms with Crippen LogP contribution in [0.1, 0.15) is 26.7 Å². The van der Waals surface area contributed by atoms with Gasteiger partial charge in [-0.1, -0.05) is 0 Å². The molecule has 0 fully saturated rings. The summed E-state index contributed by atoms with van der Waals surface area (Å²) >= 11 is 0. The third kappa shape index (κ3) is 7.90. The van der Waals surface area contributed by atoms with Gasteiger partial charge in [-0.15, -0.1) is 4.52 Å². The van der Waals surface area contributed by atoms with Crippen molar-refractivity contribution in [1.29, 1.82) is 0 Å². The molecule has 0 amide bonds. The Labute approximate surface area is 85.1 Å². The van der Waals surface area contributed by atoms with E-state index in [2.05, 4.69) is 0 Å². The van der Waals surface area contributed by atoms with Gasteiger partial charge in [0.15, 0.2) is 5.82 Å². The molecule has 1 atom stereocenters. The first-order valence-corrected chi connectivity index (χ1v) is 5.86. The van der Waals surface area contributed by atoms with Crippen molar-refractivity contribution in [3.8, 4) is 0 Å². The quantitative estimate of drug-likeness (QED) is 0.488. The molecular weight excluding hydrogens is 203 g/mol. The average molecular weight is 219 g/mol. The van der Waals surface area contributed by atoms with Crippen molar-refractivity contribution >= 4 is 14.0 Å². The lowest BCUT2D eigenvalue weighted by Crippen LogP contribution is -2.02. The lowest BCUT2D eigenvalue weighted by Gasteiger charge is -1.96. The van der Waals surface area contributed by atoms with Crippen LogP contribution in [0, 0.1) is 0 Å². The number of allylic oxidation sites excluding steroid dienone is 1. The second kappa shape index (κ2) is 8.85. The fraction of sp³-hybridized carbons (Fsp3) is 0.667. The predicted molar refractivity (Wildman–Crippen MR) is 54.2 cm³/mol. The largest absolute Gasteiger partial charge is 0.540 e. The van der Waals surface area contributed by atoms with Crippen LogP contribution in [0.5, 0.6) is 0 Å². The van der Waals surface area contributed by atoms with Gasteiger partial charge in [0.05, 0.1) is 6.61 Å². The van der Waals surface area contributed by atoms with Gasteiger partial charge in [0.2, 0.25) is 0 Å². The molecule has 0 rings (SSSR count). The smallest absolute Gasteiger partial charge is 0.466 e. The van der Waals surface area contributed by atoms with E-state index in [0.717, 1.165) is 0 Å². The third-order valence-corrected chi connectivity index (χ3v) is 2.27. The molecule has 0 aliphatic carbocycles. The number of rotatable bonds is 7. The zero-order valence-electron chi connectivity index (χ0n) is 8.56. The summed E-state index contributed by atoms with van der Waals surface area (Å²) in [5.41, 5.74) is 0. The monoisotopic (exact) mass is 219 g/mol. The van der Waals surface area contributed by atoms with Crippen LogP contribution >= 0.6 is 8.03 Å². The molecule has 0 aliphatic rings. The Morgan fingerprint density at radius 1 is 1.36 bits per heavy atom. The maximum Gasteiger partial charge on any atom is 0.540 e. The van der Waals surface area contributed by atoms with Crippen molar-refractivity contribution in [2.45, 2.75) is 26.7 Å². The minimum atomic E-state index is -1.70. The molecule has 5 heteroatoms. The molecule has 0 radical (unpaired) electrons. The molecular formula is C9H16O4P+. The highest BCUT2D eigenvalue weighted by Crippen LogP contribution is 2.23. The Morgan fingerprint density at radius 3 is 2.64 bits per heavy atom. The van der Waals surface area contributed by atoms with Gasteiger partial charge in [0.1, 0.15) is 6.61 Å². The van der Waals surface area contributed by atoms with Gasteiger partial charge in [-0.05, 0) is 30.9 Å². The van der Waals surface area contributed by atoms with E-state index in [1.54, 1.807) is 19.9 Å². The summed E-state index contributed by atoms with van der Waals surface area (Å²) < 4.78 is 20.5. The fourth-order valence-corrected chi connectivity index (χ4v) is 1.43. The number of carbonyl (C=O) groups is 1. The van der Waals surface area contributed by atoms with Crippen LogP contribution in [0.2, 0.25) is 0 Å². The van der Waals surface area contributed by atoms with E-state index in [0.29, 0.717) is 26.1 Å². The van der Waals surface area contributed by atoms with Crippen molar-refractivity contribution in [1.82, 2.24) is 0 Å². The molecule has 0 aromatic carbocycles. The van der Waals surface area contributed by atoms with E-state index in [-0.39, 0.29) is 5.97 Å². The van der Waals surface area contributed by atoms with Crippen molar-refractivity contribution in [2.24, 2.45) is 0 Å². The molecule has 4 nitrogen and oxygen atoms in total. The number of hydrogen-bond donors (Lipinski definition) is 0. The van der Waals surface area contributed by atoms with E-state index >= 15 is 0 Å². The molecule has 0 saturated heterocycles. The van der Waals surface area contributed by atoms with Gasteiger partial charge in [0, 0.05) is 6.42 Å². The van der Waals surface area contributed by atoms with Crippen LogP contribution in [0.3, 0.4) is 0 Å². The minimum absolute atomic E-state index is 0.233. The number of ether oxygens (including phenoxy) is 1. The average Bonchev–Trinajstić information content (AvgIpc) is 2.13. The normalized spacial score (nSPS) is 11.7. The maximum atomic E-state index is 10.9. The predicted octanol–water partition coefficient (Wildman–Crippen LogP) is 2.62. The molecule has 0 bridgehead atoms. The van der Waals surface area contributed by atoms with Crippen LogP contribution in [0.15, 0.2) is 11.9 Å². The van der Waals surface area contributed by atoms with Gasteiger partial charge in [-0.25, -0.2) is 0 Å². The summed E-state index contributed by atoms with van der Waals surface area (Å²) in [7, 11) is -1.70. The van der Waals surface area contributed by atoms with E-state index < -0.39 is 8.03 Å². The van der Waals surface area contributed by atoms with Crippen LogP contribution in [-0.2, 0) is 18.6 Å². The van der Waals surface area contributed by atoms with E-state index in [9.17, 15) is 9.36 Å². The lowest BCUT2D eigenvalue weighted by atomic mass is 10.3. The molecule has 0 aromatic heterocycles. The number of carbonyl (C=O) groups excluding carboxylic acids is 1. The molecule has 0 heterocycles. The van der Waals surface area contributed by atoms with Gasteiger partial charge in [-0.2, -0.15) is 0 Å². The molecule has 0 aromatic rings.